The highest BCUT2D eigenvalue weighted by Gasteiger charge is 2.37. The van der Waals surface area contributed by atoms with Gasteiger partial charge in [-0.1, -0.05) is 0 Å². The van der Waals surface area contributed by atoms with Crippen LogP contribution >= 0.6 is 0 Å². The molecular weight excluding hydrogens is 172 g/mol. The van der Waals surface area contributed by atoms with Gasteiger partial charge in [0.25, 0.3) is 16.4 Å². The van der Waals surface area contributed by atoms with Crippen molar-refractivity contribution in [1.29, 1.82) is 0 Å². The molecular formula is H10O2Si5. The summed E-state index contributed by atoms with van der Waals surface area (Å²) in [4.78, 5) is 0. The molecule has 0 atom stereocenters. The molecule has 0 bridgehead atoms. The molecule has 1 aliphatic heterocycles. The molecule has 0 unspecified atom stereocenters. The maximum atomic E-state index is 5.57. The lowest BCUT2D eigenvalue weighted by Crippen LogP contribution is -2.63. The number of hydrogen-bond donors (Lipinski definition) is 0. The maximum absolute atomic E-state index is 5.57. The van der Waals surface area contributed by atoms with E-state index in [-0.39, 0.29) is 0 Å². The molecule has 0 aromatic rings. The summed E-state index contributed by atoms with van der Waals surface area (Å²) in [5, 5.41) is 0. The van der Waals surface area contributed by atoms with Gasteiger partial charge in [0, 0.05) is 0 Å². The molecule has 1 aliphatic rings. The molecule has 1 saturated heterocycles. The molecule has 7 heteroatoms. The van der Waals surface area contributed by atoms with Gasteiger partial charge < -0.3 is 8.23 Å². The second kappa shape index (κ2) is 1.75. The van der Waals surface area contributed by atoms with Gasteiger partial charge in [-0.2, -0.15) is 0 Å². The quantitative estimate of drug-likeness (QED) is 0.351. The minimum absolute atomic E-state index is 0.824. The summed E-state index contributed by atoms with van der Waals surface area (Å²) in [6.07, 6.45) is 0. The first-order valence-corrected chi connectivity index (χ1v) is 16.8. The van der Waals surface area contributed by atoms with Gasteiger partial charge >= 0.3 is 0 Å². The van der Waals surface area contributed by atoms with Crippen LogP contribution in [0.2, 0.25) is 0 Å². The predicted molar refractivity (Wildman–Crippen MR) is 44.9 cm³/mol. The molecule has 1 fully saturated rings. The molecule has 0 aromatic heterocycles. The van der Waals surface area contributed by atoms with Crippen molar-refractivity contribution in [2.24, 2.45) is 0 Å². The molecule has 0 radical (unpaired) electrons. The largest absolute Gasteiger partial charge is 0.427 e. The molecule has 0 aliphatic carbocycles. The van der Waals surface area contributed by atoms with Crippen LogP contribution in [-0.4, -0.2) is 45.7 Å². The lowest BCUT2D eigenvalue weighted by atomic mass is 15.7. The summed E-state index contributed by atoms with van der Waals surface area (Å²) in [6, 6.07) is 0. The minimum Gasteiger partial charge on any atom is -0.427 e. The normalized spacial score (nSPS) is 52.3. The van der Waals surface area contributed by atoms with Crippen LogP contribution in [0.5, 0.6) is 0 Å². The summed E-state index contributed by atoms with van der Waals surface area (Å²) >= 11 is 0. The van der Waals surface area contributed by atoms with Gasteiger partial charge in [-0.25, -0.2) is 0 Å². The van der Waals surface area contributed by atoms with Crippen molar-refractivity contribution in [3.8, 4) is 0 Å². The van der Waals surface area contributed by atoms with Crippen LogP contribution in [0, 0.1) is 0 Å². The Kier molecular flexibility index (Phi) is 1.53. The highest BCUT2D eigenvalue weighted by atomic mass is 29.6. The van der Waals surface area contributed by atoms with Gasteiger partial charge in [0.2, 0.25) is 0 Å². The van der Waals surface area contributed by atoms with Crippen molar-refractivity contribution in [2.75, 3.05) is 0 Å². The first-order valence-electron chi connectivity index (χ1n) is 2.46. The van der Waals surface area contributed by atoms with Gasteiger partial charge in [-0.05, 0) is 0 Å². The van der Waals surface area contributed by atoms with E-state index in [4.69, 9.17) is 8.23 Å². The summed E-state index contributed by atoms with van der Waals surface area (Å²) in [5.41, 5.74) is 0. The SMILES string of the molecule is [SiH3][SiH]1O[Si]([SiH3])([SiH3])O1. The summed E-state index contributed by atoms with van der Waals surface area (Å²) in [5.74, 6) is 0. The third kappa shape index (κ3) is 1.45. The molecule has 1 rings (SSSR count). The van der Waals surface area contributed by atoms with Crippen molar-refractivity contribution in [3.63, 3.8) is 0 Å². The van der Waals surface area contributed by atoms with Crippen LogP contribution in [0.3, 0.4) is 0 Å². The van der Waals surface area contributed by atoms with Gasteiger partial charge in [0.15, 0.2) is 0 Å². The standard InChI is InChI=1S/H10O2Si5/c3-6-1-7(4,5)2-6/h6H,3-5H3. The Bertz CT molecular complexity index is 70.1. The van der Waals surface area contributed by atoms with E-state index in [0.29, 0.717) is 0 Å². The van der Waals surface area contributed by atoms with E-state index < -0.39 is 16.4 Å². The van der Waals surface area contributed by atoms with E-state index in [2.05, 4.69) is 0 Å². The number of hydrogen-bond acceptors (Lipinski definition) is 2. The Morgan fingerprint density at radius 1 is 1.29 bits per heavy atom. The van der Waals surface area contributed by atoms with Crippen LogP contribution in [0.25, 0.3) is 0 Å². The molecule has 0 aromatic carbocycles. The fourth-order valence-corrected chi connectivity index (χ4v) is 46.4. The lowest BCUT2D eigenvalue weighted by molar-refractivity contribution is 0.312. The Hall–Kier alpha value is 1.00. The molecule has 42 valence electrons. The van der Waals surface area contributed by atoms with E-state index in [1.54, 1.807) is 0 Å². The minimum atomic E-state index is -1.14. The maximum Gasteiger partial charge on any atom is 0.270 e. The second-order valence-electron chi connectivity index (χ2n) is 2.20. The van der Waals surface area contributed by atoms with Gasteiger partial charge in [0.05, 0.1) is 29.3 Å². The highest BCUT2D eigenvalue weighted by Crippen LogP contribution is 2.10. The first kappa shape index (κ1) is 6.13. The smallest absolute Gasteiger partial charge is 0.270 e. The monoisotopic (exact) mass is 182 g/mol. The second-order valence-corrected chi connectivity index (χ2v) is 27.8. The Morgan fingerprint density at radius 3 is 1.71 bits per heavy atom. The van der Waals surface area contributed by atoms with Crippen molar-refractivity contribution in [3.05, 3.63) is 0 Å². The van der Waals surface area contributed by atoms with Crippen molar-refractivity contribution < 1.29 is 8.23 Å². The molecule has 0 amide bonds. The topological polar surface area (TPSA) is 18.5 Å². The predicted octanol–water partition coefficient (Wildman–Crippen LogP) is -4.72. The van der Waals surface area contributed by atoms with Crippen LogP contribution in [0.4, 0.5) is 0 Å². The zero-order valence-electron chi connectivity index (χ0n) is 4.89. The molecule has 7 heavy (non-hydrogen) atoms. The first-order chi connectivity index (χ1) is 3.10. The summed E-state index contributed by atoms with van der Waals surface area (Å²) in [6.45, 7) is 0. The molecule has 0 N–H and O–H groups in total. The van der Waals surface area contributed by atoms with Gasteiger partial charge in [-0.15, -0.1) is 0 Å². The van der Waals surface area contributed by atoms with Crippen LogP contribution in [-0.2, 0) is 8.23 Å². The van der Waals surface area contributed by atoms with E-state index in [9.17, 15) is 0 Å². The fourth-order valence-electron chi connectivity index (χ4n) is 0.808. The van der Waals surface area contributed by atoms with E-state index in [1.165, 1.54) is 29.3 Å². The van der Waals surface area contributed by atoms with Gasteiger partial charge in [0.1, 0.15) is 0 Å². The average Bonchev–Trinajstić information content (AvgIpc) is 1.27. The zero-order valence-corrected chi connectivity index (χ0v) is 13.0. The Labute approximate surface area is 54.3 Å². The average molecular weight is 183 g/mol. The third-order valence-corrected chi connectivity index (χ3v) is 20.8. The lowest BCUT2D eigenvalue weighted by Gasteiger charge is -2.40. The van der Waals surface area contributed by atoms with Crippen molar-refractivity contribution in [2.45, 2.75) is 0 Å². The van der Waals surface area contributed by atoms with Crippen molar-refractivity contribution in [1.82, 2.24) is 0 Å². The molecule has 2 nitrogen and oxygen atoms in total. The summed E-state index contributed by atoms with van der Waals surface area (Å²) < 4.78 is 11.1. The zero-order chi connectivity index (χ0) is 5.49. The summed E-state index contributed by atoms with van der Waals surface area (Å²) in [7, 11) is 1.67. The molecule has 1 heterocycles. The Balaban J connectivity index is 2.29. The van der Waals surface area contributed by atoms with Crippen LogP contribution in [0.15, 0.2) is 0 Å². The fraction of sp³-hybridized carbons (Fsp3) is 0. The Morgan fingerprint density at radius 2 is 1.71 bits per heavy atom. The van der Waals surface area contributed by atoms with E-state index >= 15 is 0 Å². The molecule has 0 spiro atoms. The van der Waals surface area contributed by atoms with Crippen LogP contribution < -0.4 is 0 Å². The third-order valence-electron chi connectivity index (χ3n) is 0.900. The van der Waals surface area contributed by atoms with E-state index in [1.807, 2.05) is 0 Å². The highest BCUT2D eigenvalue weighted by molar-refractivity contribution is 7.41. The number of rotatable bonds is 0. The molecule has 0 saturated carbocycles. The van der Waals surface area contributed by atoms with Gasteiger partial charge in [-0.3, -0.25) is 0 Å². The van der Waals surface area contributed by atoms with Crippen molar-refractivity contribution >= 4 is 45.7 Å². The van der Waals surface area contributed by atoms with E-state index in [0.717, 1.165) is 0 Å². The van der Waals surface area contributed by atoms with Crippen LogP contribution in [0.1, 0.15) is 0 Å².